The van der Waals surface area contributed by atoms with E-state index in [9.17, 15) is 0 Å². The Labute approximate surface area is 64.3 Å². The highest BCUT2D eigenvalue weighted by molar-refractivity contribution is 4.94. The zero-order valence-corrected chi connectivity index (χ0v) is 7.35. The van der Waals surface area contributed by atoms with E-state index in [-0.39, 0.29) is 0 Å². The van der Waals surface area contributed by atoms with Crippen LogP contribution in [0.4, 0.5) is 0 Å². The maximum Gasteiger partial charge on any atom is -0.0262 e. The van der Waals surface area contributed by atoms with Crippen molar-refractivity contribution in [3.05, 3.63) is 12.2 Å². The topological polar surface area (TPSA) is 0 Å². The van der Waals surface area contributed by atoms with Gasteiger partial charge in [-0.15, -0.1) is 0 Å². The predicted molar refractivity (Wildman–Crippen MR) is 45.9 cm³/mol. The van der Waals surface area contributed by atoms with Crippen LogP contribution in [0, 0.1) is 11.3 Å². The lowest BCUT2D eigenvalue weighted by Gasteiger charge is -2.21. The maximum absolute atomic E-state index is 2.36. The van der Waals surface area contributed by atoms with Gasteiger partial charge in [-0.1, -0.05) is 32.9 Å². The third kappa shape index (κ3) is 2.17. The van der Waals surface area contributed by atoms with Gasteiger partial charge in [0.05, 0.1) is 0 Å². The van der Waals surface area contributed by atoms with Crippen molar-refractivity contribution in [3.63, 3.8) is 0 Å². The van der Waals surface area contributed by atoms with Crippen LogP contribution >= 0.6 is 0 Å². The molecule has 1 rings (SSSR count). The molecule has 1 unspecified atom stereocenters. The van der Waals surface area contributed by atoms with Crippen LogP contribution in [-0.4, -0.2) is 0 Å². The quantitative estimate of drug-likeness (QED) is 0.450. The molecule has 0 aliphatic heterocycles. The summed E-state index contributed by atoms with van der Waals surface area (Å²) in [7, 11) is 0. The van der Waals surface area contributed by atoms with E-state index < -0.39 is 0 Å². The second kappa shape index (κ2) is 2.77. The van der Waals surface area contributed by atoms with Crippen molar-refractivity contribution in [1.82, 2.24) is 0 Å². The fourth-order valence-electron chi connectivity index (χ4n) is 1.44. The molecule has 0 N–H and O–H groups in total. The van der Waals surface area contributed by atoms with E-state index >= 15 is 0 Å². The molecule has 0 nitrogen and oxygen atoms in total. The van der Waals surface area contributed by atoms with Crippen LogP contribution in [0.25, 0.3) is 0 Å². The maximum atomic E-state index is 2.36. The van der Waals surface area contributed by atoms with Crippen molar-refractivity contribution in [2.45, 2.75) is 40.0 Å². The first-order chi connectivity index (χ1) is 4.60. The van der Waals surface area contributed by atoms with Gasteiger partial charge < -0.3 is 0 Å². The van der Waals surface area contributed by atoms with Gasteiger partial charge in [-0.05, 0) is 30.6 Å². The van der Waals surface area contributed by atoms with Crippen molar-refractivity contribution in [1.29, 1.82) is 0 Å². The van der Waals surface area contributed by atoms with E-state index in [4.69, 9.17) is 0 Å². The smallest absolute Gasteiger partial charge is 0.0262 e. The Morgan fingerprint density at radius 2 is 2.10 bits per heavy atom. The first kappa shape index (κ1) is 7.84. The van der Waals surface area contributed by atoms with E-state index in [0.29, 0.717) is 5.41 Å². The lowest BCUT2D eigenvalue weighted by atomic mass is 9.85. The van der Waals surface area contributed by atoms with E-state index in [2.05, 4.69) is 32.9 Å². The zero-order valence-electron chi connectivity index (χ0n) is 7.35. The van der Waals surface area contributed by atoms with Gasteiger partial charge in [-0.2, -0.15) is 0 Å². The Morgan fingerprint density at radius 3 is 2.80 bits per heavy atom. The molecule has 0 saturated heterocycles. The number of hydrogen-bond acceptors (Lipinski definition) is 0. The summed E-state index contributed by atoms with van der Waals surface area (Å²) < 4.78 is 0. The van der Waals surface area contributed by atoms with Crippen LogP contribution in [0.15, 0.2) is 12.2 Å². The van der Waals surface area contributed by atoms with Crippen molar-refractivity contribution in [3.8, 4) is 0 Å². The molecular formula is C10H18. The minimum absolute atomic E-state index is 0.557. The monoisotopic (exact) mass is 138 g/mol. The first-order valence-electron chi connectivity index (χ1n) is 4.27. The molecule has 1 aliphatic rings. The van der Waals surface area contributed by atoms with Crippen molar-refractivity contribution >= 4 is 0 Å². The lowest BCUT2D eigenvalue weighted by Crippen LogP contribution is -2.08. The van der Waals surface area contributed by atoms with Gasteiger partial charge in [-0.3, -0.25) is 0 Å². The number of allylic oxidation sites excluding steroid dienone is 2. The molecule has 0 saturated carbocycles. The number of rotatable bonds is 0. The normalized spacial score (nSPS) is 31.7. The Bertz CT molecular complexity index is 131. The van der Waals surface area contributed by atoms with Crippen molar-refractivity contribution in [2.24, 2.45) is 11.3 Å². The molecule has 0 aromatic heterocycles. The average molecular weight is 138 g/mol. The summed E-state index contributed by atoms with van der Waals surface area (Å²) in [6.07, 6.45) is 8.70. The highest BCUT2D eigenvalue weighted by atomic mass is 14.2. The van der Waals surface area contributed by atoms with Gasteiger partial charge in [0.25, 0.3) is 0 Å². The van der Waals surface area contributed by atoms with E-state index in [1.165, 1.54) is 19.3 Å². The molecule has 1 atom stereocenters. The van der Waals surface area contributed by atoms with Gasteiger partial charge in [0.1, 0.15) is 0 Å². The summed E-state index contributed by atoms with van der Waals surface area (Å²) in [5, 5.41) is 0. The Balaban J connectivity index is 2.53. The Hall–Kier alpha value is -0.260. The number of hydrogen-bond donors (Lipinski definition) is 0. The molecule has 0 fully saturated rings. The second-order valence-electron chi connectivity index (χ2n) is 4.31. The molecular weight excluding hydrogens is 120 g/mol. The standard InChI is InChI=1S/C10H18/c1-9-5-4-7-10(2,3)8-6-9/h4-5,9H,6-8H2,1-3H3. The summed E-state index contributed by atoms with van der Waals surface area (Å²) in [5.41, 5.74) is 0.557. The average Bonchev–Trinajstić information content (AvgIpc) is 1.94. The van der Waals surface area contributed by atoms with Crippen LogP contribution in [0.3, 0.4) is 0 Å². The third-order valence-electron chi connectivity index (χ3n) is 2.41. The molecule has 58 valence electrons. The predicted octanol–water partition coefficient (Wildman–Crippen LogP) is 3.39. The van der Waals surface area contributed by atoms with Gasteiger partial charge in [0.15, 0.2) is 0 Å². The molecule has 0 spiro atoms. The SMILES string of the molecule is CC1C=CCC(C)(C)CC1. The molecule has 0 aromatic rings. The molecule has 0 heterocycles. The highest BCUT2D eigenvalue weighted by Gasteiger charge is 2.18. The van der Waals surface area contributed by atoms with Crippen LogP contribution in [0.1, 0.15) is 40.0 Å². The van der Waals surface area contributed by atoms with Crippen LogP contribution < -0.4 is 0 Å². The third-order valence-corrected chi connectivity index (χ3v) is 2.41. The van der Waals surface area contributed by atoms with Crippen LogP contribution in [0.2, 0.25) is 0 Å². The summed E-state index contributed by atoms with van der Waals surface area (Å²) in [5.74, 6) is 0.807. The van der Waals surface area contributed by atoms with E-state index in [1.807, 2.05) is 0 Å². The molecule has 0 bridgehead atoms. The second-order valence-corrected chi connectivity index (χ2v) is 4.31. The lowest BCUT2D eigenvalue weighted by molar-refractivity contribution is 0.325. The molecule has 0 aromatic carbocycles. The molecule has 0 amide bonds. The van der Waals surface area contributed by atoms with Gasteiger partial charge in [-0.25, -0.2) is 0 Å². The summed E-state index contributed by atoms with van der Waals surface area (Å²) in [4.78, 5) is 0. The minimum atomic E-state index is 0.557. The fourth-order valence-corrected chi connectivity index (χ4v) is 1.44. The Morgan fingerprint density at radius 1 is 1.40 bits per heavy atom. The van der Waals surface area contributed by atoms with Crippen molar-refractivity contribution < 1.29 is 0 Å². The van der Waals surface area contributed by atoms with Crippen LogP contribution in [0.5, 0.6) is 0 Å². The molecule has 0 heteroatoms. The first-order valence-corrected chi connectivity index (χ1v) is 4.27. The van der Waals surface area contributed by atoms with Gasteiger partial charge >= 0.3 is 0 Å². The molecule has 10 heavy (non-hydrogen) atoms. The van der Waals surface area contributed by atoms with Crippen molar-refractivity contribution in [2.75, 3.05) is 0 Å². The summed E-state index contributed by atoms with van der Waals surface area (Å²) >= 11 is 0. The van der Waals surface area contributed by atoms with Gasteiger partial charge in [0, 0.05) is 0 Å². The largest absolute Gasteiger partial charge is 0.0877 e. The Kier molecular flexibility index (Phi) is 2.18. The molecule has 0 radical (unpaired) electrons. The highest BCUT2D eigenvalue weighted by Crippen LogP contribution is 2.32. The van der Waals surface area contributed by atoms with E-state index in [0.717, 1.165) is 5.92 Å². The zero-order chi connectivity index (χ0) is 7.61. The van der Waals surface area contributed by atoms with Gasteiger partial charge in [0.2, 0.25) is 0 Å². The van der Waals surface area contributed by atoms with Crippen LogP contribution in [-0.2, 0) is 0 Å². The summed E-state index contributed by atoms with van der Waals surface area (Å²) in [6.45, 7) is 7.02. The summed E-state index contributed by atoms with van der Waals surface area (Å²) in [6, 6.07) is 0. The molecule has 1 aliphatic carbocycles. The minimum Gasteiger partial charge on any atom is -0.0877 e. The fraction of sp³-hybridized carbons (Fsp3) is 0.800. The van der Waals surface area contributed by atoms with E-state index in [1.54, 1.807) is 0 Å².